The van der Waals surface area contributed by atoms with E-state index in [9.17, 15) is 19.2 Å². The topological polar surface area (TPSA) is 116 Å². The van der Waals surface area contributed by atoms with E-state index in [0.29, 0.717) is 0 Å². The average molecular weight is 232 g/mol. The van der Waals surface area contributed by atoms with Crippen LogP contribution < -0.4 is 0 Å². The van der Waals surface area contributed by atoms with Gasteiger partial charge in [0.05, 0.1) is 19.3 Å². The van der Waals surface area contributed by atoms with Crippen LogP contribution in [0.5, 0.6) is 0 Å². The molecule has 8 nitrogen and oxygen atoms in total. The summed E-state index contributed by atoms with van der Waals surface area (Å²) in [6, 6.07) is 0. The zero-order chi connectivity index (χ0) is 12.1. The fraction of sp³-hybridized carbons (Fsp3) is 0.500. The second kappa shape index (κ2) is 5.10. The number of esters is 1. The lowest BCUT2D eigenvalue weighted by Crippen LogP contribution is -2.31. The van der Waals surface area contributed by atoms with Gasteiger partial charge in [-0.2, -0.15) is 0 Å². The number of carbonyl (C=O) groups is 4. The van der Waals surface area contributed by atoms with Crippen LogP contribution in [0.15, 0.2) is 0 Å². The smallest absolute Gasteiger partial charge is 0.359 e. The molecule has 1 rings (SSSR count). The SMILES string of the molecule is O=C1CCC(=O)OC(C(=O)O)CC(=O)OO1. The van der Waals surface area contributed by atoms with E-state index in [0.717, 1.165) is 0 Å². The van der Waals surface area contributed by atoms with Gasteiger partial charge in [-0.1, -0.05) is 0 Å². The minimum atomic E-state index is -1.63. The van der Waals surface area contributed by atoms with E-state index in [1.807, 2.05) is 0 Å². The molecule has 88 valence electrons. The van der Waals surface area contributed by atoms with Gasteiger partial charge in [-0.05, 0) is 0 Å². The zero-order valence-corrected chi connectivity index (χ0v) is 8.00. The Kier molecular flexibility index (Phi) is 3.81. The number of carbonyl (C=O) groups excluding carboxylic acids is 3. The molecule has 0 aromatic heterocycles. The maximum absolute atomic E-state index is 11.0. The molecule has 0 saturated carbocycles. The Morgan fingerprint density at radius 1 is 1.06 bits per heavy atom. The van der Waals surface area contributed by atoms with Crippen molar-refractivity contribution in [2.24, 2.45) is 0 Å². The molecule has 1 aliphatic rings. The Morgan fingerprint density at radius 2 is 1.62 bits per heavy atom. The molecular weight excluding hydrogens is 224 g/mol. The Hall–Kier alpha value is -2.12. The van der Waals surface area contributed by atoms with Crippen molar-refractivity contribution in [1.82, 2.24) is 0 Å². The summed E-state index contributed by atoms with van der Waals surface area (Å²) < 4.78 is 4.46. The number of carboxylic acids is 1. The summed E-state index contributed by atoms with van der Waals surface area (Å²) in [5.74, 6) is -4.37. The number of hydrogen-bond donors (Lipinski definition) is 1. The monoisotopic (exact) mass is 232 g/mol. The van der Waals surface area contributed by atoms with E-state index in [4.69, 9.17) is 5.11 Å². The molecule has 0 bridgehead atoms. The summed E-state index contributed by atoms with van der Waals surface area (Å²) >= 11 is 0. The number of aliphatic carboxylic acids is 1. The highest BCUT2D eigenvalue weighted by molar-refractivity contribution is 5.85. The van der Waals surface area contributed by atoms with Crippen LogP contribution in [-0.4, -0.2) is 35.1 Å². The molecule has 1 fully saturated rings. The van der Waals surface area contributed by atoms with Gasteiger partial charge in [0.25, 0.3) is 0 Å². The van der Waals surface area contributed by atoms with Crippen molar-refractivity contribution in [2.75, 3.05) is 0 Å². The highest BCUT2D eigenvalue weighted by Gasteiger charge is 2.29. The van der Waals surface area contributed by atoms with Crippen molar-refractivity contribution in [2.45, 2.75) is 25.4 Å². The first kappa shape index (κ1) is 12.0. The van der Waals surface area contributed by atoms with Gasteiger partial charge in [-0.15, -0.1) is 0 Å². The number of ether oxygens (including phenoxy) is 1. The van der Waals surface area contributed by atoms with Gasteiger partial charge in [-0.25, -0.2) is 24.2 Å². The second-order valence-electron chi connectivity index (χ2n) is 2.93. The molecule has 1 aliphatic heterocycles. The van der Waals surface area contributed by atoms with Gasteiger partial charge in [-0.3, -0.25) is 4.79 Å². The van der Waals surface area contributed by atoms with Crippen molar-refractivity contribution in [3.63, 3.8) is 0 Å². The van der Waals surface area contributed by atoms with Crippen LogP contribution in [0, 0.1) is 0 Å². The molecule has 0 radical (unpaired) electrons. The first-order valence-corrected chi connectivity index (χ1v) is 4.31. The van der Waals surface area contributed by atoms with E-state index >= 15 is 0 Å². The Labute approximate surface area is 89.0 Å². The summed E-state index contributed by atoms with van der Waals surface area (Å²) in [6.45, 7) is 0. The molecule has 0 spiro atoms. The van der Waals surface area contributed by atoms with E-state index in [2.05, 4.69) is 14.5 Å². The van der Waals surface area contributed by atoms with Crippen LogP contribution in [0.1, 0.15) is 19.3 Å². The predicted octanol–water partition coefficient (Wildman–Crippen LogP) is -0.832. The Balaban J connectivity index is 2.70. The van der Waals surface area contributed by atoms with Gasteiger partial charge in [0.2, 0.25) is 6.10 Å². The van der Waals surface area contributed by atoms with Crippen molar-refractivity contribution in [3.8, 4) is 0 Å². The van der Waals surface area contributed by atoms with Crippen LogP contribution in [0.4, 0.5) is 0 Å². The lowest BCUT2D eigenvalue weighted by molar-refractivity contribution is -0.261. The first-order valence-electron chi connectivity index (χ1n) is 4.31. The maximum Gasteiger partial charge on any atom is 0.359 e. The fourth-order valence-electron chi connectivity index (χ4n) is 0.921. The molecule has 1 N–H and O–H groups in total. The molecule has 1 heterocycles. The number of cyclic esters (lactones) is 1. The van der Waals surface area contributed by atoms with Gasteiger partial charge in [0, 0.05) is 0 Å². The maximum atomic E-state index is 11.0. The molecule has 8 heteroatoms. The van der Waals surface area contributed by atoms with Crippen LogP contribution in [0.25, 0.3) is 0 Å². The van der Waals surface area contributed by atoms with Crippen LogP contribution in [-0.2, 0) is 33.7 Å². The first-order chi connectivity index (χ1) is 7.49. The van der Waals surface area contributed by atoms with Crippen LogP contribution in [0.2, 0.25) is 0 Å². The largest absolute Gasteiger partial charge is 0.478 e. The summed E-state index contributed by atoms with van der Waals surface area (Å²) in [5.41, 5.74) is 0. The minimum absolute atomic E-state index is 0.333. The summed E-state index contributed by atoms with van der Waals surface area (Å²) in [7, 11) is 0. The lowest BCUT2D eigenvalue weighted by atomic mass is 10.2. The number of hydrogen-bond acceptors (Lipinski definition) is 7. The summed E-state index contributed by atoms with van der Waals surface area (Å²) in [4.78, 5) is 51.3. The molecule has 0 aliphatic carbocycles. The van der Waals surface area contributed by atoms with Gasteiger partial charge in [0.1, 0.15) is 0 Å². The third-order valence-corrected chi connectivity index (χ3v) is 1.66. The molecular formula is C8H8O8. The zero-order valence-electron chi connectivity index (χ0n) is 8.00. The lowest BCUT2D eigenvalue weighted by Gasteiger charge is -2.14. The predicted molar refractivity (Wildman–Crippen MR) is 43.6 cm³/mol. The molecule has 0 aromatic carbocycles. The van der Waals surface area contributed by atoms with Crippen molar-refractivity contribution in [1.29, 1.82) is 0 Å². The molecule has 1 atom stereocenters. The highest BCUT2D eigenvalue weighted by Crippen LogP contribution is 2.08. The number of carboxylic acid groups (broad SMARTS) is 1. The standard InChI is InChI=1S/C8H8O8/c9-5-1-2-6(10)15-16-7(11)3-4(14-5)8(12)13/h4H,1-3H2,(H,12,13). The summed E-state index contributed by atoms with van der Waals surface area (Å²) in [5, 5.41) is 8.61. The molecule has 1 unspecified atom stereocenters. The van der Waals surface area contributed by atoms with Gasteiger partial charge < -0.3 is 9.84 Å². The Morgan fingerprint density at radius 3 is 2.25 bits per heavy atom. The van der Waals surface area contributed by atoms with E-state index in [-0.39, 0.29) is 12.8 Å². The fourth-order valence-corrected chi connectivity index (χ4v) is 0.921. The second-order valence-corrected chi connectivity index (χ2v) is 2.93. The molecule has 1 saturated heterocycles. The van der Waals surface area contributed by atoms with Crippen LogP contribution in [0.3, 0.4) is 0 Å². The quantitative estimate of drug-likeness (QED) is 0.459. The van der Waals surface area contributed by atoms with Crippen molar-refractivity contribution >= 4 is 23.9 Å². The highest BCUT2D eigenvalue weighted by atomic mass is 17.2. The van der Waals surface area contributed by atoms with E-state index in [1.54, 1.807) is 0 Å². The third-order valence-electron chi connectivity index (χ3n) is 1.66. The van der Waals surface area contributed by atoms with Gasteiger partial charge in [0.15, 0.2) is 0 Å². The van der Waals surface area contributed by atoms with E-state index in [1.165, 1.54) is 0 Å². The third kappa shape index (κ3) is 3.56. The molecule has 16 heavy (non-hydrogen) atoms. The Bertz CT molecular complexity index is 309. The molecule has 0 aromatic rings. The molecule has 0 amide bonds. The van der Waals surface area contributed by atoms with Gasteiger partial charge >= 0.3 is 23.9 Å². The number of rotatable bonds is 1. The summed E-state index contributed by atoms with van der Waals surface area (Å²) in [6.07, 6.45) is -3.02. The van der Waals surface area contributed by atoms with E-state index < -0.39 is 36.4 Å². The normalized spacial score (nSPS) is 22.8. The van der Waals surface area contributed by atoms with Crippen LogP contribution >= 0.6 is 0 Å². The van der Waals surface area contributed by atoms with Crippen molar-refractivity contribution < 1.29 is 38.8 Å². The van der Waals surface area contributed by atoms with Crippen molar-refractivity contribution in [3.05, 3.63) is 0 Å². The minimum Gasteiger partial charge on any atom is -0.478 e. The average Bonchev–Trinajstić information content (AvgIpc) is 2.21.